The number of nitrogens with zero attached hydrogens (tertiary/aromatic N) is 1. The molecule has 3 N–H and O–H groups in total. The molecule has 21 heavy (non-hydrogen) atoms. The second kappa shape index (κ2) is 5.89. The van der Waals surface area contributed by atoms with Crippen LogP contribution in [0.3, 0.4) is 0 Å². The number of aromatic nitrogens is 1. The smallest absolute Gasteiger partial charge is 0.340 e. The Bertz CT molecular complexity index is 573. The van der Waals surface area contributed by atoms with E-state index in [1.165, 1.54) is 0 Å². The molecule has 116 valence electrons. The highest BCUT2D eigenvalue weighted by molar-refractivity contribution is 5.93. The van der Waals surface area contributed by atoms with Gasteiger partial charge in [0.25, 0.3) is 0 Å². The third kappa shape index (κ3) is 2.95. The molecule has 0 amide bonds. The van der Waals surface area contributed by atoms with Crippen LogP contribution >= 0.6 is 0 Å². The number of carbonyl (C=O) groups excluding carboxylic acids is 1. The van der Waals surface area contributed by atoms with E-state index in [0.29, 0.717) is 17.2 Å². The van der Waals surface area contributed by atoms with Crippen molar-refractivity contribution in [3.05, 3.63) is 22.5 Å². The molecule has 1 aromatic rings. The van der Waals surface area contributed by atoms with Crippen LogP contribution in [0.2, 0.25) is 0 Å². The molecule has 0 aromatic carbocycles. The summed E-state index contributed by atoms with van der Waals surface area (Å²) in [4.78, 5) is 23.2. The largest absolute Gasteiger partial charge is 0.480 e. The van der Waals surface area contributed by atoms with Crippen molar-refractivity contribution in [2.75, 3.05) is 6.61 Å². The van der Waals surface area contributed by atoms with Crippen LogP contribution in [-0.4, -0.2) is 34.3 Å². The Morgan fingerprint density at radius 3 is 2.48 bits per heavy atom. The quantitative estimate of drug-likeness (QED) is 0.777. The van der Waals surface area contributed by atoms with Crippen molar-refractivity contribution in [2.45, 2.75) is 52.1 Å². The summed E-state index contributed by atoms with van der Waals surface area (Å²) in [5, 5.41) is 9.02. The zero-order valence-corrected chi connectivity index (χ0v) is 12.7. The predicted octanol–water partition coefficient (Wildman–Crippen LogP) is 1.57. The Kier molecular flexibility index (Phi) is 4.37. The lowest BCUT2D eigenvalue weighted by atomic mass is 10.0. The van der Waals surface area contributed by atoms with E-state index in [1.54, 1.807) is 6.92 Å². The molecule has 0 aliphatic heterocycles. The van der Waals surface area contributed by atoms with Gasteiger partial charge >= 0.3 is 11.9 Å². The first-order chi connectivity index (χ1) is 9.88. The number of esters is 1. The molecule has 1 unspecified atom stereocenters. The lowest BCUT2D eigenvalue weighted by molar-refractivity contribution is -0.138. The highest BCUT2D eigenvalue weighted by Crippen LogP contribution is 2.40. The van der Waals surface area contributed by atoms with E-state index in [-0.39, 0.29) is 13.0 Å². The Morgan fingerprint density at radius 1 is 1.38 bits per heavy atom. The number of hydrogen-bond donors (Lipinski definition) is 2. The topological polar surface area (TPSA) is 94.6 Å². The fourth-order valence-electron chi connectivity index (χ4n) is 2.83. The number of ether oxygens (including phenoxy) is 1. The molecule has 0 spiro atoms. The maximum atomic E-state index is 12.2. The van der Waals surface area contributed by atoms with Crippen molar-refractivity contribution < 1.29 is 19.4 Å². The summed E-state index contributed by atoms with van der Waals surface area (Å²) in [6.45, 7) is 5.84. The van der Waals surface area contributed by atoms with Crippen LogP contribution in [0.25, 0.3) is 0 Å². The van der Waals surface area contributed by atoms with Gasteiger partial charge in [0.05, 0.1) is 12.2 Å². The summed E-state index contributed by atoms with van der Waals surface area (Å²) < 4.78 is 7.24. The van der Waals surface area contributed by atoms with Gasteiger partial charge in [-0.15, -0.1) is 0 Å². The number of nitrogens with two attached hydrogens (primary N) is 1. The van der Waals surface area contributed by atoms with Gasteiger partial charge in [0, 0.05) is 23.9 Å². The Morgan fingerprint density at radius 2 is 2.00 bits per heavy atom. The van der Waals surface area contributed by atoms with Crippen LogP contribution in [0.1, 0.15) is 53.1 Å². The molecule has 1 aliphatic rings. The Hall–Kier alpha value is -1.82. The van der Waals surface area contributed by atoms with Crippen molar-refractivity contribution in [1.29, 1.82) is 0 Å². The molecule has 6 nitrogen and oxygen atoms in total. The Labute approximate surface area is 123 Å². The summed E-state index contributed by atoms with van der Waals surface area (Å²) in [5.74, 6) is -1.47. The molecule has 1 atom stereocenters. The molecule has 0 radical (unpaired) electrons. The van der Waals surface area contributed by atoms with Gasteiger partial charge in [0.15, 0.2) is 0 Å². The van der Waals surface area contributed by atoms with E-state index in [9.17, 15) is 9.59 Å². The molecule has 1 fully saturated rings. The van der Waals surface area contributed by atoms with Crippen molar-refractivity contribution >= 4 is 11.9 Å². The average molecular weight is 294 g/mol. The number of aliphatic carboxylic acids is 1. The van der Waals surface area contributed by atoms with Gasteiger partial charge in [-0.2, -0.15) is 0 Å². The standard InChI is InChI=1S/C15H22N2O4/c1-4-21-15(20)13-9(3)17(10-5-6-10)8(2)11(13)7-12(16)14(18)19/h10,12H,4-7,16H2,1-3H3,(H,18,19). The van der Waals surface area contributed by atoms with E-state index in [2.05, 4.69) is 4.57 Å². The van der Waals surface area contributed by atoms with Crippen LogP contribution in [0, 0.1) is 13.8 Å². The molecule has 0 saturated heterocycles. The molecule has 1 aromatic heterocycles. The zero-order chi connectivity index (χ0) is 15.7. The van der Waals surface area contributed by atoms with Gasteiger partial charge in [0.2, 0.25) is 0 Å². The molecule has 0 bridgehead atoms. The van der Waals surface area contributed by atoms with Crippen molar-refractivity contribution in [2.24, 2.45) is 5.73 Å². The Balaban J connectivity index is 2.46. The van der Waals surface area contributed by atoms with Crippen molar-refractivity contribution in [1.82, 2.24) is 4.57 Å². The van der Waals surface area contributed by atoms with Gasteiger partial charge in [-0.3, -0.25) is 4.79 Å². The number of carbonyl (C=O) groups is 2. The summed E-state index contributed by atoms with van der Waals surface area (Å²) in [7, 11) is 0. The second-order valence-corrected chi connectivity index (χ2v) is 5.49. The first kappa shape index (κ1) is 15.6. The van der Waals surface area contributed by atoms with E-state index in [0.717, 1.165) is 24.2 Å². The highest BCUT2D eigenvalue weighted by atomic mass is 16.5. The fourth-order valence-corrected chi connectivity index (χ4v) is 2.83. The van der Waals surface area contributed by atoms with E-state index >= 15 is 0 Å². The first-order valence-electron chi connectivity index (χ1n) is 7.24. The highest BCUT2D eigenvalue weighted by Gasteiger charge is 2.33. The summed E-state index contributed by atoms with van der Waals surface area (Å²) >= 11 is 0. The van der Waals surface area contributed by atoms with E-state index in [4.69, 9.17) is 15.6 Å². The third-order valence-electron chi connectivity index (χ3n) is 3.96. The minimum atomic E-state index is -1.07. The molecular weight excluding hydrogens is 272 g/mol. The monoisotopic (exact) mass is 294 g/mol. The van der Waals surface area contributed by atoms with E-state index in [1.807, 2.05) is 13.8 Å². The van der Waals surface area contributed by atoms with Gasteiger partial charge < -0.3 is 20.1 Å². The van der Waals surface area contributed by atoms with Gasteiger partial charge in [-0.25, -0.2) is 4.79 Å². The molecule has 1 heterocycles. The minimum Gasteiger partial charge on any atom is -0.480 e. The fraction of sp³-hybridized carbons (Fsp3) is 0.600. The SMILES string of the molecule is CCOC(=O)c1c(CC(N)C(=O)O)c(C)n(C2CC2)c1C. The average Bonchev–Trinajstić information content (AvgIpc) is 3.19. The number of carboxylic acid groups (broad SMARTS) is 1. The maximum absolute atomic E-state index is 12.2. The summed E-state index contributed by atoms with van der Waals surface area (Å²) in [6, 6.07) is -0.612. The second-order valence-electron chi connectivity index (χ2n) is 5.49. The van der Waals surface area contributed by atoms with Crippen LogP contribution < -0.4 is 5.73 Å². The lowest BCUT2D eigenvalue weighted by Gasteiger charge is -2.09. The normalized spacial score (nSPS) is 15.8. The molecule has 6 heteroatoms. The molecule has 1 saturated carbocycles. The van der Waals surface area contributed by atoms with Crippen LogP contribution in [0.4, 0.5) is 0 Å². The first-order valence-corrected chi connectivity index (χ1v) is 7.24. The van der Waals surface area contributed by atoms with E-state index < -0.39 is 18.0 Å². The predicted molar refractivity (Wildman–Crippen MR) is 77.4 cm³/mol. The molecule has 2 rings (SSSR count). The molecule has 1 aliphatic carbocycles. The van der Waals surface area contributed by atoms with Gasteiger partial charge in [0.1, 0.15) is 6.04 Å². The van der Waals surface area contributed by atoms with Crippen LogP contribution in [0.5, 0.6) is 0 Å². The van der Waals surface area contributed by atoms with Crippen LogP contribution in [-0.2, 0) is 16.0 Å². The number of rotatable bonds is 6. The number of carboxylic acids is 1. The van der Waals surface area contributed by atoms with Crippen LogP contribution in [0.15, 0.2) is 0 Å². The maximum Gasteiger partial charge on any atom is 0.340 e. The van der Waals surface area contributed by atoms with Gasteiger partial charge in [-0.05, 0) is 39.2 Å². The summed E-state index contributed by atoms with van der Waals surface area (Å²) in [6.07, 6.45) is 2.31. The number of hydrogen-bond acceptors (Lipinski definition) is 4. The summed E-state index contributed by atoms with van der Waals surface area (Å²) in [5.41, 5.74) is 8.61. The third-order valence-corrected chi connectivity index (χ3v) is 3.96. The van der Waals surface area contributed by atoms with Crippen molar-refractivity contribution in [3.63, 3.8) is 0 Å². The lowest BCUT2D eigenvalue weighted by Crippen LogP contribution is -2.33. The molecular formula is C15H22N2O4. The zero-order valence-electron chi connectivity index (χ0n) is 12.7. The van der Waals surface area contributed by atoms with Crippen molar-refractivity contribution in [3.8, 4) is 0 Å². The van der Waals surface area contributed by atoms with Gasteiger partial charge in [-0.1, -0.05) is 0 Å². The minimum absolute atomic E-state index is 0.135.